The van der Waals surface area contributed by atoms with E-state index in [4.69, 9.17) is 4.74 Å². The molecule has 1 fully saturated rings. The highest BCUT2D eigenvalue weighted by atomic mass is 16.5. The molecule has 2 N–H and O–H groups in total. The van der Waals surface area contributed by atoms with Crippen LogP contribution in [0.5, 0.6) is 0 Å². The molecule has 1 aliphatic heterocycles. The monoisotopic (exact) mass is 256 g/mol. The maximum Gasteiger partial charge on any atom is 0.237 e. The van der Waals surface area contributed by atoms with Crippen LogP contribution < -0.4 is 10.6 Å². The lowest BCUT2D eigenvalue weighted by atomic mass is 10.0. The number of hydrogen-bond donors (Lipinski definition) is 2. The maximum atomic E-state index is 12.0. The van der Waals surface area contributed by atoms with Crippen molar-refractivity contribution in [2.24, 2.45) is 5.92 Å². The number of nitrogens with one attached hydrogen (secondary N) is 2. The molecule has 4 nitrogen and oxygen atoms in total. The molecule has 1 aliphatic rings. The highest BCUT2D eigenvalue weighted by Gasteiger charge is 2.29. The maximum absolute atomic E-state index is 12.0. The van der Waals surface area contributed by atoms with Crippen LogP contribution in [-0.2, 0) is 9.53 Å². The van der Waals surface area contributed by atoms with Crippen molar-refractivity contribution in [3.8, 4) is 0 Å². The van der Waals surface area contributed by atoms with Gasteiger partial charge < -0.3 is 15.4 Å². The van der Waals surface area contributed by atoms with Crippen molar-refractivity contribution < 1.29 is 9.53 Å². The average Bonchev–Trinajstić information content (AvgIpc) is 2.76. The summed E-state index contributed by atoms with van der Waals surface area (Å²) in [6.45, 7) is 7.32. The quantitative estimate of drug-likeness (QED) is 0.729. The van der Waals surface area contributed by atoms with Crippen LogP contribution in [0.4, 0.5) is 0 Å². The summed E-state index contributed by atoms with van der Waals surface area (Å²) in [6, 6.07) is 0.183. The summed E-state index contributed by atoms with van der Waals surface area (Å²) < 4.78 is 5.25. The number of ether oxygens (including phenoxy) is 1. The number of carbonyl (C=O) groups excluding carboxylic acids is 1. The van der Waals surface area contributed by atoms with Gasteiger partial charge in [-0.1, -0.05) is 26.7 Å². The second-order valence-corrected chi connectivity index (χ2v) is 5.79. The van der Waals surface area contributed by atoms with E-state index in [2.05, 4.69) is 31.4 Å². The van der Waals surface area contributed by atoms with Crippen LogP contribution in [0.1, 0.15) is 46.5 Å². The highest BCUT2D eigenvalue weighted by Crippen LogP contribution is 2.11. The summed E-state index contributed by atoms with van der Waals surface area (Å²) in [5.74, 6) is 0.860. The molecule has 0 aromatic rings. The second kappa shape index (κ2) is 7.74. The van der Waals surface area contributed by atoms with Crippen molar-refractivity contribution in [1.29, 1.82) is 0 Å². The number of rotatable bonds is 7. The first-order valence-corrected chi connectivity index (χ1v) is 7.09. The largest absolute Gasteiger partial charge is 0.380 e. The minimum Gasteiger partial charge on any atom is -0.380 e. The topological polar surface area (TPSA) is 50.4 Å². The fraction of sp³-hybridized carbons (Fsp3) is 0.929. The zero-order valence-electron chi connectivity index (χ0n) is 12.2. The second-order valence-electron chi connectivity index (χ2n) is 5.79. The van der Waals surface area contributed by atoms with E-state index in [9.17, 15) is 4.79 Å². The molecule has 106 valence electrons. The molecule has 1 rings (SSSR count). The van der Waals surface area contributed by atoms with Gasteiger partial charge in [0.1, 0.15) is 0 Å². The van der Waals surface area contributed by atoms with Gasteiger partial charge in [0.25, 0.3) is 0 Å². The Bertz CT molecular complexity index is 256. The third kappa shape index (κ3) is 5.36. The molecule has 0 bridgehead atoms. The molecule has 0 aromatic heterocycles. The minimum absolute atomic E-state index is 0.0810. The Morgan fingerprint density at radius 1 is 1.39 bits per heavy atom. The van der Waals surface area contributed by atoms with Gasteiger partial charge in [0.2, 0.25) is 5.91 Å². The molecule has 1 heterocycles. The van der Waals surface area contributed by atoms with Crippen LogP contribution in [0.25, 0.3) is 0 Å². The van der Waals surface area contributed by atoms with Crippen LogP contribution in [-0.4, -0.2) is 37.7 Å². The van der Waals surface area contributed by atoms with Gasteiger partial charge in [0.15, 0.2) is 0 Å². The lowest BCUT2D eigenvalue weighted by Gasteiger charge is -2.17. The van der Waals surface area contributed by atoms with Gasteiger partial charge in [-0.05, 0) is 25.7 Å². The first kappa shape index (κ1) is 15.4. The summed E-state index contributed by atoms with van der Waals surface area (Å²) in [7, 11) is 1.70. The van der Waals surface area contributed by atoms with Crippen LogP contribution in [0.15, 0.2) is 0 Å². The van der Waals surface area contributed by atoms with Gasteiger partial charge in [-0.2, -0.15) is 0 Å². The molecule has 1 saturated heterocycles. The summed E-state index contributed by atoms with van der Waals surface area (Å²) >= 11 is 0. The summed E-state index contributed by atoms with van der Waals surface area (Å²) in [5, 5.41) is 6.28. The highest BCUT2D eigenvalue weighted by molar-refractivity contribution is 5.82. The number of hydrogen-bond acceptors (Lipinski definition) is 3. The Labute approximate surface area is 111 Å². The third-order valence-electron chi connectivity index (χ3n) is 3.55. The Morgan fingerprint density at radius 3 is 2.67 bits per heavy atom. The first-order chi connectivity index (χ1) is 8.52. The van der Waals surface area contributed by atoms with E-state index < -0.39 is 0 Å². The van der Waals surface area contributed by atoms with E-state index in [0.29, 0.717) is 0 Å². The van der Waals surface area contributed by atoms with Crippen LogP contribution >= 0.6 is 0 Å². The number of carbonyl (C=O) groups is 1. The van der Waals surface area contributed by atoms with Crippen LogP contribution in [0, 0.1) is 5.92 Å². The van der Waals surface area contributed by atoms with Gasteiger partial charge >= 0.3 is 0 Å². The van der Waals surface area contributed by atoms with Gasteiger partial charge in [0, 0.05) is 19.7 Å². The number of amides is 1. The van der Waals surface area contributed by atoms with E-state index in [-0.39, 0.29) is 24.1 Å². The zero-order valence-corrected chi connectivity index (χ0v) is 12.2. The van der Waals surface area contributed by atoms with Crippen molar-refractivity contribution in [3.05, 3.63) is 0 Å². The fourth-order valence-corrected chi connectivity index (χ4v) is 2.33. The summed E-state index contributed by atoms with van der Waals surface area (Å²) in [6.07, 6.45) is 4.42. The normalized spacial score (nSPS) is 25.4. The van der Waals surface area contributed by atoms with Gasteiger partial charge in [-0.3, -0.25) is 4.79 Å². The molecular weight excluding hydrogens is 228 g/mol. The molecule has 3 unspecified atom stereocenters. The predicted octanol–water partition coefficient (Wildman–Crippen LogP) is 1.69. The van der Waals surface area contributed by atoms with Crippen molar-refractivity contribution in [3.63, 3.8) is 0 Å². The zero-order chi connectivity index (χ0) is 13.5. The molecule has 18 heavy (non-hydrogen) atoms. The molecule has 0 aromatic carbocycles. The Balaban J connectivity index is 2.19. The predicted molar refractivity (Wildman–Crippen MR) is 73.5 cm³/mol. The van der Waals surface area contributed by atoms with Gasteiger partial charge in [0.05, 0.1) is 12.1 Å². The SMILES string of the molecule is COC1CNC(C(=O)NC(C)CCCC(C)C)C1. The first-order valence-electron chi connectivity index (χ1n) is 7.09. The Kier molecular flexibility index (Phi) is 6.65. The minimum atomic E-state index is -0.0810. The molecule has 0 saturated carbocycles. The Hall–Kier alpha value is -0.610. The van der Waals surface area contributed by atoms with Crippen molar-refractivity contribution in [2.45, 2.75) is 64.6 Å². The standard InChI is InChI=1S/C14H28N2O2/c1-10(2)6-5-7-11(3)16-14(17)13-8-12(18-4)9-15-13/h10-13,15H,5-9H2,1-4H3,(H,16,17). The van der Waals surface area contributed by atoms with E-state index in [0.717, 1.165) is 25.3 Å². The molecular formula is C14H28N2O2. The van der Waals surface area contributed by atoms with E-state index in [1.54, 1.807) is 7.11 Å². The van der Waals surface area contributed by atoms with Crippen molar-refractivity contribution in [2.75, 3.05) is 13.7 Å². The molecule has 0 aliphatic carbocycles. The summed E-state index contributed by atoms with van der Waals surface area (Å²) in [5.41, 5.74) is 0. The molecule has 4 heteroatoms. The van der Waals surface area contributed by atoms with Crippen LogP contribution in [0.2, 0.25) is 0 Å². The summed E-state index contributed by atoms with van der Waals surface area (Å²) in [4.78, 5) is 12.0. The number of methoxy groups -OCH3 is 1. The lowest BCUT2D eigenvalue weighted by Crippen LogP contribution is -2.44. The van der Waals surface area contributed by atoms with E-state index in [1.165, 1.54) is 12.8 Å². The van der Waals surface area contributed by atoms with Gasteiger partial charge in [-0.25, -0.2) is 0 Å². The average molecular weight is 256 g/mol. The van der Waals surface area contributed by atoms with Crippen molar-refractivity contribution >= 4 is 5.91 Å². The fourth-order valence-electron chi connectivity index (χ4n) is 2.33. The smallest absolute Gasteiger partial charge is 0.237 e. The molecule has 0 radical (unpaired) electrons. The van der Waals surface area contributed by atoms with E-state index in [1.807, 2.05) is 0 Å². The third-order valence-corrected chi connectivity index (χ3v) is 3.55. The lowest BCUT2D eigenvalue weighted by molar-refractivity contribution is -0.123. The Morgan fingerprint density at radius 2 is 2.11 bits per heavy atom. The van der Waals surface area contributed by atoms with E-state index >= 15 is 0 Å². The van der Waals surface area contributed by atoms with Crippen LogP contribution in [0.3, 0.4) is 0 Å². The molecule has 3 atom stereocenters. The van der Waals surface area contributed by atoms with Gasteiger partial charge in [-0.15, -0.1) is 0 Å². The molecule has 0 spiro atoms. The molecule has 1 amide bonds. The van der Waals surface area contributed by atoms with Crippen molar-refractivity contribution in [1.82, 2.24) is 10.6 Å².